The van der Waals surface area contributed by atoms with E-state index < -0.39 is 0 Å². The van der Waals surface area contributed by atoms with Crippen LogP contribution in [0.25, 0.3) is 0 Å². The Bertz CT molecular complexity index is 589. The summed E-state index contributed by atoms with van der Waals surface area (Å²) in [5.74, 6) is 0.644. The van der Waals surface area contributed by atoms with Gasteiger partial charge in [-0.15, -0.1) is 0 Å². The second-order valence-electron chi connectivity index (χ2n) is 5.10. The highest BCUT2D eigenvalue weighted by Crippen LogP contribution is 2.29. The standard InChI is InChI=1S/C18H21Cl2NO/c1-3-16(22-18-12-14(19)10-11-17(18)20)13-21(4-2)15-8-6-5-7-9-15/h5-12,16H,3-4,13H2,1-2H3. The molecular formula is C18H21Cl2NO. The van der Waals surface area contributed by atoms with Gasteiger partial charge < -0.3 is 9.64 Å². The summed E-state index contributed by atoms with van der Waals surface area (Å²) < 4.78 is 6.07. The molecule has 0 radical (unpaired) electrons. The highest BCUT2D eigenvalue weighted by molar-refractivity contribution is 6.34. The molecule has 0 aliphatic heterocycles. The zero-order chi connectivity index (χ0) is 15.9. The summed E-state index contributed by atoms with van der Waals surface area (Å²) in [4.78, 5) is 2.30. The highest BCUT2D eigenvalue weighted by atomic mass is 35.5. The van der Waals surface area contributed by atoms with Crippen LogP contribution in [0.2, 0.25) is 10.0 Å². The van der Waals surface area contributed by atoms with Crippen molar-refractivity contribution < 1.29 is 4.74 Å². The molecule has 0 fully saturated rings. The van der Waals surface area contributed by atoms with Gasteiger partial charge in [0, 0.05) is 23.3 Å². The van der Waals surface area contributed by atoms with E-state index >= 15 is 0 Å². The van der Waals surface area contributed by atoms with Crippen LogP contribution in [0.1, 0.15) is 20.3 Å². The van der Waals surface area contributed by atoms with Gasteiger partial charge in [0.2, 0.25) is 0 Å². The molecule has 0 saturated carbocycles. The Hall–Kier alpha value is -1.38. The lowest BCUT2D eigenvalue weighted by atomic mass is 10.2. The molecule has 0 aromatic heterocycles. The van der Waals surface area contributed by atoms with Crippen LogP contribution in [0.4, 0.5) is 5.69 Å². The Kier molecular flexibility index (Phi) is 6.41. The van der Waals surface area contributed by atoms with Crippen molar-refractivity contribution in [3.63, 3.8) is 0 Å². The van der Waals surface area contributed by atoms with Gasteiger partial charge in [-0.3, -0.25) is 0 Å². The minimum atomic E-state index is 0.0520. The van der Waals surface area contributed by atoms with Gasteiger partial charge in [0.05, 0.1) is 11.6 Å². The molecule has 2 nitrogen and oxygen atoms in total. The number of anilines is 1. The summed E-state index contributed by atoms with van der Waals surface area (Å²) in [5, 5.41) is 1.22. The topological polar surface area (TPSA) is 12.5 Å². The van der Waals surface area contributed by atoms with Crippen molar-refractivity contribution in [1.29, 1.82) is 0 Å². The minimum absolute atomic E-state index is 0.0520. The van der Waals surface area contributed by atoms with Gasteiger partial charge in [0.25, 0.3) is 0 Å². The van der Waals surface area contributed by atoms with Crippen molar-refractivity contribution in [3.05, 3.63) is 58.6 Å². The van der Waals surface area contributed by atoms with Gasteiger partial charge >= 0.3 is 0 Å². The predicted octanol–water partition coefficient (Wildman–Crippen LogP) is 5.68. The maximum atomic E-state index is 6.19. The number of para-hydroxylation sites is 1. The summed E-state index contributed by atoms with van der Waals surface area (Å²) in [6.07, 6.45) is 0.947. The number of rotatable bonds is 7. The first kappa shape index (κ1) is 17.0. The van der Waals surface area contributed by atoms with E-state index in [4.69, 9.17) is 27.9 Å². The summed E-state index contributed by atoms with van der Waals surface area (Å²) in [7, 11) is 0. The quantitative estimate of drug-likeness (QED) is 0.644. The third kappa shape index (κ3) is 4.56. The van der Waals surface area contributed by atoms with Crippen LogP contribution < -0.4 is 9.64 Å². The molecule has 2 aromatic carbocycles. The van der Waals surface area contributed by atoms with Gasteiger partial charge in [-0.05, 0) is 37.6 Å². The molecule has 0 bridgehead atoms. The van der Waals surface area contributed by atoms with Gasteiger partial charge in [-0.2, -0.15) is 0 Å². The number of nitrogens with zero attached hydrogens (tertiary/aromatic N) is 1. The molecular weight excluding hydrogens is 317 g/mol. The molecule has 2 aromatic rings. The summed E-state index contributed by atoms with van der Waals surface area (Å²) in [5.41, 5.74) is 1.20. The van der Waals surface area contributed by atoms with E-state index in [1.165, 1.54) is 5.69 Å². The van der Waals surface area contributed by atoms with E-state index in [9.17, 15) is 0 Å². The molecule has 4 heteroatoms. The minimum Gasteiger partial charge on any atom is -0.487 e. The normalized spacial score (nSPS) is 12.0. The molecule has 1 atom stereocenters. The Morgan fingerprint density at radius 3 is 2.41 bits per heavy atom. The van der Waals surface area contributed by atoms with Crippen LogP contribution >= 0.6 is 23.2 Å². The molecule has 0 aliphatic carbocycles. The monoisotopic (exact) mass is 337 g/mol. The number of ether oxygens (including phenoxy) is 1. The van der Waals surface area contributed by atoms with Crippen LogP contribution in [0.15, 0.2) is 48.5 Å². The average Bonchev–Trinajstić information content (AvgIpc) is 2.55. The van der Waals surface area contributed by atoms with E-state index in [0.29, 0.717) is 15.8 Å². The van der Waals surface area contributed by atoms with Crippen molar-refractivity contribution in [3.8, 4) is 5.75 Å². The Morgan fingerprint density at radius 2 is 1.77 bits per heavy atom. The van der Waals surface area contributed by atoms with E-state index in [0.717, 1.165) is 19.5 Å². The van der Waals surface area contributed by atoms with Gasteiger partial charge in [-0.1, -0.05) is 48.3 Å². The van der Waals surface area contributed by atoms with E-state index in [1.54, 1.807) is 18.2 Å². The maximum Gasteiger partial charge on any atom is 0.139 e. The van der Waals surface area contributed by atoms with Crippen molar-refractivity contribution in [2.24, 2.45) is 0 Å². The molecule has 118 valence electrons. The molecule has 0 aliphatic rings. The fraction of sp³-hybridized carbons (Fsp3) is 0.333. The smallest absolute Gasteiger partial charge is 0.139 e. The summed E-state index contributed by atoms with van der Waals surface area (Å²) >= 11 is 12.2. The number of halogens is 2. The Labute approximate surface area is 142 Å². The molecule has 22 heavy (non-hydrogen) atoms. The Balaban J connectivity index is 2.09. The zero-order valence-corrected chi connectivity index (χ0v) is 14.4. The molecule has 0 amide bonds. The van der Waals surface area contributed by atoms with Crippen LogP contribution in [0, 0.1) is 0 Å². The fourth-order valence-electron chi connectivity index (χ4n) is 2.30. The first-order chi connectivity index (χ1) is 10.6. The highest BCUT2D eigenvalue weighted by Gasteiger charge is 2.15. The molecule has 2 rings (SSSR count). The first-order valence-corrected chi connectivity index (χ1v) is 8.31. The van der Waals surface area contributed by atoms with Crippen molar-refractivity contribution in [2.75, 3.05) is 18.0 Å². The maximum absolute atomic E-state index is 6.19. The Morgan fingerprint density at radius 1 is 1.05 bits per heavy atom. The average molecular weight is 338 g/mol. The predicted molar refractivity (Wildman–Crippen MR) is 95.5 cm³/mol. The van der Waals surface area contributed by atoms with Crippen LogP contribution in [-0.2, 0) is 0 Å². The van der Waals surface area contributed by atoms with E-state index in [-0.39, 0.29) is 6.10 Å². The number of hydrogen-bond acceptors (Lipinski definition) is 2. The zero-order valence-electron chi connectivity index (χ0n) is 12.9. The van der Waals surface area contributed by atoms with Crippen molar-refractivity contribution >= 4 is 28.9 Å². The SMILES string of the molecule is CCC(CN(CC)c1ccccc1)Oc1cc(Cl)ccc1Cl. The lowest BCUT2D eigenvalue weighted by Gasteiger charge is -2.28. The number of likely N-dealkylation sites (N-methyl/N-ethyl adjacent to an activating group) is 1. The van der Waals surface area contributed by atoms with Gasteiger partial charge in [0.15, 0.2) is 0 Å². The largest absolute Gasteiger partial charge is 0.487 e. The second-order valence-corrected chi connectivity index (χ2v) is 5.94. The first-order valence-electron chi connectivity index (χ1n) is 7.55. The van der Waals surface area contributed by atoms with Gasteiger partial charge in [-0.25, -0.2) is 0 Å². The number of benzene rings is 2. The van der Waals surface area contributed by atoms with Crippen molar-refractivity contribution in [2.45, 2.75) is 26.4 Å². The van der Waals surface area contributed by atoms with Crippen LogP contribution in [-0.4, -0.2) is 19.2 Å². The van der Waals surface area contributed by atoms with Gasteiger partial charge in [0.1, 0.15) is 11.9 Å². The lowest BCUT2D eigenvalue weighted by molar-refractivity contribution is 0.202. The molecule has 0 N–H and O–H groups in total. The molecule has 1 unspecified atom stereocenters. The van der Waals surface area contributed by atoms with Crippen LogP contribution in [0.3, 0.4) is 0 Å². The molecule has 0 spiro atoms. The van der Waals surface area contributed by atoms with Crippen LogP contribution in [0.5, 0.6) is 5.75 Å². The molecule has 0 saturated heterocycles. The third-order valence-electron chi connectivity index (χ3n) is 3.57. The number of hydrogen-bond donors (Lipinski definition) is 0. The summed E-state index contributed by atoms with van der Waals surface area (Å²) in [6, 6.07) is 15.6. The molecule has 0 heterocycles. The fourth-order valence-corrected chi connectivity index (χ4v) is 2.62. The van der Waals surface area contributed by atoms with E-state index in [2.05, 4.69) is 30.9 Å². The second kappa shape index (κ2) is 8.30. The van der Waals surface area contributed by atoms with Crippen molar-refractivity contribution in [1.82, 2.24) is 0 Å². The lowest BCUT2D eigenvalue weighted by Crippen LogP contribution is -2.35. The third-order valence-corrected chi connectivity index (χ3v) is 4.12. The van der Waals surface area contributed by atoms with E-state index in [1.807, 2.05) is 18.2 Å². The summed E-state index contributed by atoms with van der Waals surface area (Å²) in [6.45, 7) is 5.99.